The Morgan fingerprint density at radius 2 is 2.27 bits per heavy atom. The van der Waals surface area contributed by atoms with Gasteiger partial charge in [-0.3, -0.25) is 4.99 Å². The summed E-state index contributed by atoms with van der Waals surface area (Å²) in [5, 5.41) is 3.20. The fourth-order valence-electron chi connectivity index (χ4n) is 1.97. The molecule has 0 spiro atoms. The van der Waals surface area contributed by atoms with Crippen LogP contribution in [0.5, 0.6) is 0 Å². The number of nitrogens with zero attached hydrogens (tertiary/aromatic N) is 1. The van der Waals surface area contributed by atoms with Crippen molar-refractivity contribution in [3.05, 3.63) is 0 Å². The molecular formula is C11H21N3O. The van der Waals surface area contributed by atoms with Gasteiger partial charge in [0.1, 0.15) is 0 Å². The maximum Gasteiger partial charge on any atom is 0.188 e. The van der Waals surface area contributed by atoms with Crippen LogP contribution in [0.1, 0.15) is 32.6 Å². The van der Waals surface area contributed by atoms with Crippen molar-refractivity contribution in [1.82, 2.24) is 5.32 Å². The number of hydrogen-bond acceptors (Lipinski definition) is 2. The maximum atomic E-state index is 5.77. The molecule has 0 amide bonds. The van der Waals surface area contributed by atoms with E-state index >= 15 is 0 Å². The van der Waals surface area contributed by atoms with Crippen LogP contribution in [0.3, 0.4) is 0 Å². The van der Waals surface area contributed by atoms with Crippen LogP contribution in [0.25, 0.3) is 0 Å². The average molecular weight is 211 g/mol. The van der Waals surface area contributed by atoms with Crippen LogP contribution in [0.15, 0.2) is 4.99 Å². The molecule has 2 aliphatic rings. The Morgan fingerprint density at radius 1 is 1.47 bits per heavy atom. The minimum Gasteiger partial charge on any atom is -0.378 e. The molecule has 15 heavy (non-hydrogen) atoms. The maximum absolute atomic E-state index is 5.77. The van der Waals surface area contributed by atoms with Gasteiger partial charge in [-0.25, -0.2) is 0 Å². The third kappa shape index (κ3) is 3.70. The predicted molar refractivity (Wildman–Crippen MR) is 60.8 cm³/mol. The van der Waals surface area contributed by atoms with Crippen molar-refractivity contribution in [3.63, 3.8) is 0 Å². The van der Waals surface area contributed by atoms with Crippen LogP contribution >= 0.6 is 0 Å². The molecule has 0 aromatic heterocycles. The van der Waals surface area contributed by atoms with E-state index in [0.29, 0.717) is 24.0 Å². The summed E-state index contributed by atoms with van der Waals surface area (Å²) >= 11 is 0. The molecule has 4 nitrogen and oxygen atoms in total. The molecule has 1 heterocycles. The molecule has 2 atom stereocenters. The molecule has 1 aliphatic heterocycles. The largest absolute Gasteiger partial charge is 0.378 e. The van der Waals surface area contributed by atoms with Crippen molar-refractivity contribution in [3.8, 4) is 0 Å². The Hall–Kier alpha value is -0.770. The number of hydrogen-bond donors (Lipinski definition) is 2. The summed E-state index contributed by atoms with van der Waals surface area (Å²) in [4.78, 5) is 4.39. The Labute approximate surface area is 91.3 Å². The molecule has 0 aromatic carbocycles. The minimum atomic E-state index is 0.386. The van der Waals surface area contributed by atoms with Crippen LogP contribution in [0.2, 0.25) is 0 Å². The molecule has 2 fully saturated rings. The van der Waals surface area contributed by atoms with Crippen molar-refractivity contribution < 1.29 is 4.74 Å². The van der Waals surface area contributed by atoms with Gasteiger partial charge in [0.25, 0.3) is 0 Å². The topological polar surface area (TPSA) is 59.6 Å². The summed E-state index contributed by atoms with van der Waals surface area (Å²) < 4.78 is 5.49. The Balaban J connectivity index is 1.70. The number of ether oxygens (including phenoxy) is 1. The molecule has 0 bridgehead atoms. The van der Waals surface area contributed by atoms with Crippen molar-refractivity contribution >= 4 is 5.96 Å². The highest BCUT2D eigenvalue weighted by molar-refractivity contribution is 5.78. The summed E-state index contributed by atoms with van der Waals surface area (Å²) in [5.74, 6) is 1.27. The van der Waals surface area contributed by atoms with Gasteiger partial charge < -0.3 is 15.8 Å². The van der Waals surface area contributed by atoms with Crippen molar-refractivity contribution in [1.29, 1.82) is 0 Å². The number of nitrogens with two attached hydrogens (primary N) is 1. The molecule has 2 rings (SSSR count). The monoisotopic (exact) mass is 211 g/mol. The van der Waals surface area contributed by atoms with Crippen LogP contribution in [0.4, 0.5) is 0 Å². The van der Waals surface area contributed by atoms with Gasteiger partial charge in [-0.05, 0) is 38.5 Å². The van der Waals surface area contributed by atoms with Crippen molar-refractivity contribution in [2.45, 2.75) is 44.8 Å². The Kier molecular flexibility index (Phi) is 3.46. The first-order valence-electron chi connectivity index (χ1n) is 5.92. The lowest BCUT2D eigenvalue weighted by Crippen LogP contribution is -2.34. The molecule has 1 saturated heterocycles. The zero-order chi connectivity index (χ0) is 10.7. The van der Waals surface area contributed by atoms with E-state index < -0.39 is 0 Å². The average Bonchev–Trinajstić information content (AvgIpc) is 2.99. The predicted octanol–water partition coefficient (Wildman–Crippen LogP) is 0.868. The van der Waals surface area contributed by atoms with E-state index in [9.17, 15) is 0 Å². The molecule has 4 heteroatoms. The van der Waals surface area contributed by atoms with E-state index in [1.165, 1.54) is 12.8 Å². The number of rotatable bonds is 3. The zero-order valence-corrected chi connectivity index (χ0v) is 9.41. The lowest BCUT2D eigenvalue weighted by molar-refractivity contribution is 0.00481. The lowest BCUT2D eigenvalue weighted by atomic mass is 9.96. The molecule has 1 aliphatic carbocycles. The van der Waals surface area contributed by atoms with Gasteiger partial charge in [-0.15, -0.1) is 0 Å². The van der Waals surface area contributed by atoms with E-state index in [4.69, 9.17) is 10.5 Å². The first kappa shape index (κ1) is 10.7. The van der Waals surface area contributed by atoms with Gasteiger partial charge in [0.15, 0.2) is 5.96 Å². The van der Waals surface area contributed by atoms with E-state index in [0.717, 1.165) is 26.0 Å². The van der Waals surface area contributed by atoms with E-state index in [1.54, 1.807) is 0 Å². The Bertz CT molecular complexity index is 238. The first-order chi connectivity index (χ1) is 7.24. The summed E-state index contributed by atoms with van der Waals surface area (Å²) in [5.41, 5.74) is 5.77. The lowest BCUT2D eigenvalue weighted by Gasteiger charge is -2.26. The number of aliphatic imine (C=N–C) groups is 1. The molecule has 0 radical (unpaired) electrons. The van der Waals surface area contributed by atoms with Gasteiger partial charge in [-0.2, -0.15) is 0 Å². The molecule has 0 aromatic rings. The van der Waals surface area contributed by atoms with Gasteiger partial charge in [0, 0.05) is 19.2 Å². The Morgan fingerprint density at radius 3 is 2.93 bits per heavy atom. The standard InChI is InChI=1S/C11H21N3O/c1-8-6-9(4-5-15-8)7-13-11(12)14-10-2-3-10/h8-10H,2-7H2,1H3,(H3,12,13,14). The van der Waals surface area contributed by atoms with Crippen LogP contribution in [0, 0.1) is 5.92 Å². The zero-order valence-electron chi connectivity index (χ0n) is 9.41. The van der Waals surface area contributed by atoms with E-state index in [2.05, 4.69) is 17.2 Å². The van der Waals surface area contributed by atoms with Crippen LogP contribution in [-0.4, -0.2) is 31.3 Å². The van der Waals surface area contributed by atoms with Crippen LogP contribution < -0.4 is 11.1 Å². The molecule has 3 N–H and O–H groups in total. The van der Waals surface area contributed by atoms with Crippen molar-refractivity contribution in [2.75, 3.05) is 13.2 Å². The summed E-state index contributed by atoms with van der Waals surface area (Å²) in [6, 6.07) is 0.599. The van der Waals surface area contributed by atoms with Gasteiger partial charge in [-0.1, -0.05) is 0 Å². The fourth-order valence-corrected chi connectivity index (χ4v) is 1.97. The summed E-state index contributed by atoms with van der Waals surface area (Å²) in [6.45, 7) is 3.85. The third-order valence-electron chi connectivity index (χ3n) is 3.04. The highest BCUT2D eigenvalue weighted by Crippen LogP contribution is 2.20. The number of nitrogens with one attached hydrogen (secondary N) is 1. The normalized spacial score (nSPS) is 32.7. The second kappa shape index (κ2) is 4.84. The molecule has 86 valence electrons. The van der Waals surface area contributed by atoms with Crippen molar-refractivity contribution in [2.24, 2.45) is 16.6 Å². The molecule has 2 unspecified atom stereocenters. The first-order valence-corrected chi connectivity index (χ1v) is 5.92. The quantitative estimate of drug-likeness (QED) is 0.538. The van der Waals surface area contributed by atoms with Crippen LogP contribution in [-0.2, 0) is 4.74 Å². The minimum absolute atomic E-state index is 0.386. The molecular weight excluding hydrogens is 190 g/mol. The van der Waals surface area contributed by atoms with E-state index in [1.807, 2.05) is 0 Å². The highest BCUT2D eigenvalue weighted by atomic mass is 16.5. The third-order valence-corrected chi connectivity index (χ3v) is 3.04. The molecule has 1 saturated carbocycles. The smallest absolute Gasteiger partial charge is 0.188 e. The number of guanidine groups is 1. The van der Waals surface area contributed by atoms with Gasteiger partial charge in [0.2, 0.25) is 0 Å². The summed E-state index contributed by atoms with van der Waals surface area (Å²) in [7, 11) is 0. The highest BCUT2D eigenvalue weighted by Gasteiger charge is 2.22. The SMILES string of the molecule is CC1CC(CN=C(N)NC2CC2)CCO1. The second-order valence-electron chi connectivity index (χ2n) is 4.72. The van der Waals surface area contributed by atoms with Gasteiger partial charge in [0.05, 0.1) is 6.10 Å². The van der Waals surface area contributed by atoms with Gasteiger partial charge >= 0.3 is 0 Å². The van der Waals surface area contributed by atoms with E-state index in [-0.39, 0.29) is 0 Å². The summed E-state index contributed by atoms with van der Waals surface area (Å²) in [6.07, 6.45) is 5.09. The second-order valence-corrected chi connectivity index (χ2v) is 4.72. The fraction of sp³-hybridized carbons (Fsp3) is 0.909.